The summed E-state index contributed by atoms with van der Waals surface area (Å²) in [5.74, 6) is 0.762. The SMILES string of the molecule is Cn1nc(-c2ccc(C3=CCN(C(=O)CN4CC[C@]5(CCN(C6CCC7NNC(C8=CCOCC8)C7C6)C5=O)C4)CC3)cc2)oc1=O. The van der Waals surface area contributed by atoms with Crippen LogP contribution in [0, 0.1) is 11.3 Å². The number of nitrogens with one attached hydrogen (secondary N) is 2. The van der Waals surface area contributed by atoms with Gasteiger partial charge < -0.3 is 19.0 Å². The van der Waals surface area contributed by atoms with Crippen LogP contribution in [-0.2, 0) is 21.4 Å². The predicted octanol–water partition coefficient (Wildman–Crippen LogP) is 1.94. The van der Waals surface area contributed by atoms with Gasteiger partial charge in [-0.05, 0) is 80.7 Å². The van der Waals surface area contributed by atoms with Crippen molar-refractivity contribution in [3.63, 3.8) is 0 Å². The van der Waals surface area contributed by atoms with E-state index in [-0.39, 0.29) is 11.3 Å². The number of likely N-dealkylation sites (tertiary alicyclic amines) is 2. The number of amides is 2. The van der Waals surface area contributed by atoms with Crippen molar-refractivity contribution >= 4 is 17.4 Å². The van der Waals surface area contributed by atoms with Crippen molar-refractivity contribution in [2.24, 2.45) is 18.4 Å². The van der Waals surface area contributed by atoms with Crippen LogP contribution in [0.2, 0.25) is 0 Å². The van der Waals surface area contributed by atoms with E-state index >= 15 is 0 Å². The number of ether oxygens (including phenoxy) is 1. The van der Waals surface area contributed by atoms with Crippen LogP contribution in [0.4, 0.5) is 0 Å². The average molecular weight is 644 g/mol. The smallest absolute Gasteiger partial charge is 0.388 e. The molecule has 8 rings (SSSR count). The van der Waals surface area contributed by atoms with Crippen molar-refractivity contribution in [1.29, 1.82) is 0 Å². The highest BCUT2D eigenvalue weighted by Gasteiger charge is 2.54. The van der Waals surface area contributed by atoms with Crippen molar-refractivity contribution in [2.45, 2.75) is 63.1 Å². The van der Waals surface area contributed by atoms with Gasteiger partial charge in [-0.25, -0.2) is 4.79 Å². The molecular formula is C35H45N7O5. The summed E-state index contributed by atoms with van der Waals surface area (Å²) in [6.07, 6.45) is 11.0. The molecule has 6 aliphatic rings. The minimum absolute atomic E-state index is 0.133. The van der Waals surface area contributed by atoms with E-state index < -0.39 is 5.76 Å². The number of fused-ring (bicyclic) bond motifs is 1. The topological polar surface area (TPSA) is 125 Å². The van der Waals surface area contributed by atoms with Gasteiger partial charge in [0.15, 0.2) is 0 Å². The zero-order valence-electron chi connectivity index (χ0n) is 27.2. The number of carbonyl (C=O) groups excluding carboxylic acids is 2. The second kappa shape index (κ2) is 12.5. The molecule has 2 amide bonds. The summed E-state index contributed by atoms with van der Waals surface area (Å²) in [6, 6.07) is 8.92. The summed E-state index contributed by atoms with van der Waals surface area (Å²) in [5.41, 5.74) is 11.3. The van der Waals surface area contributed by atoms with Gasteiger partial charge in [-0.15, -0.1) is 5.10 Å². The molecule has 5 atom stereocenters. The maximum absolute atomic E-state index is 14.0. The summed E-state index contributed by atoms with van der Waals surface area (Å²) < 4.78 is 11.9. The van der Waals surface area contributed by atoms with E-state index in [1.807, 2.05) is 29.2 Å². The Morgan fingerprint density at radius 2 is 1.85 bits per heavy atom. The lowest BCUT2D eigenvalue weighted by Gasteiger charge is -2.39. The molecule has 3 saturated heterocycles. The summed E-state index contributed by atoms with van der Waals surface area (Å²) in [7, 11) is 1.56. The zero-order valence-corrected chi connectivity index (χ0v) is 27.2. The van der Waals surface area contributed by atoms with Gasteiger partial charge >= 0.3 is 5.76 Å². The Bertz CT molecular complexity index is 1650. The largest absolute Gasteiger partial charge is 0.437 e. The Labute approximate surface area is 274 Å². The van der Waals surface area contributed by atoms with Crippen molar-refractivity contribution in [1.82, 2.24) is 35.3 Å². The fourth-order valence-corrected chi connectivity index (χ4v) is 8.92. The third kappa shape index (κ3) is 5.79. The second-order valence-electron chi connectivity index (χ2n) is 14.3. The summed E-state index contributed by atoms with van der Waals surface area (Å²) >= 11 is 0. The molecule has 4 fully saturated rings. The Morgan fingerprint density at radius 1 is 1.02 bits per heavy atom. The first-order valence-electron chi connectivity index (χ1n) is 17.3. The highest BCUT2D eigenvalue weighted by molar-refractivity contribution is 5.86. The van der Waals surface area contributed by atoms with Gasteiger partial charge in [0.25, 0.3) is 0 Å². The molecule has 1 saturated carbocycles. The molecule has 0 bridgehead atoms. The van der Waals surface area contributed by atoms with Crippen molar-refractivity contribution in [3.8, 4) is 11.5 Å². The lowest BCUT2D eigenvalue weighted by molar-refractivity contribution is -0.139. The van der Waals surface area contributed by atoms with Crippen LogP contribution >= 0.6 is 0 Å². The van der Waals surface area contributed by atoms with Crippen LogP contribution in [0.5, 0.6) is 0 Å². The quantitative estimate of drug-likeness (QED) is 0.455. The van der Waals surface area contributed by atoms with Crippen LogP contribution in [0.3, 0.4) is 0 Å². The first kappa shape index (κ1) is 30.7. The summed E-state index contributed by atoms with van der Waals surface area (Å²) in [5, 5.41) is 4.12. The molecule has 2 N–H and O–H groups in total. The van der Waals surface area contributed by atoms with E-state index in [0.717, 1.165) is 75.8 Å². The fourth-order valence-electron chi connectivity index (χ4n) is 8.92. The van der Waals surface area contributed by atoms with Crippen molar-refractivity contribution in [2.75, 3.05) is 52.5 Å². The number of hydrogen-bond acceptors (Lipinski definition) is 9. The molecule has 6 heterocycles. The van der Waals surface area contributed by atoms with Gasteiger partial charge in [0.05, 0.1) is 25.2 Å². The third-order valence-electron chi connectivity index (χ3n) is 11.7. The van der Waals surface area contributed by atoms with E-state index in [0.29, 0.717) is 68.6 Å². The average Bonchev–Trinajstić information content (AvgIpc) is 3.88. The normalized spacial score (nSPS) is 31.4. The predicted molar refractivity (Wildman–Crippen MR) is 175 cm³/mol. The Balaban J connectivity index is 0.843. The highest BCUT2D eigenvalue weighted by atomic mass is 16.5. The zero-order chi connectivity index (χ0) is 32.1. The molecule has 47 heavy (non-hydrogen) atoms. The first-order chi connectivity index (χ1) is 22.9. The maximum atomic E-state index is 14.0. The molecule has 2 aromatic rings. The Hall–Kier alpha value is -3.58. The molecule has 1 spiro atoms. The molecule has 1 aromatic heterocycles. The third-order valence-corrected chi connectivity index (χ3v) is 11.7. The van der Waals surface area contributed by atoms with E-state index in [4.69, 9.17) is 9.15 Å². The van der Waals surface area contributed by atoms with Gasteiger partial charge in [0.1, 0.15) is 0 Å². The molecule has 0 radical (unpaired) electrons. The van der Waals surface area contributed by atoms with Gasteiger partial charge in [0.2, 0.25) is 17.7 Å². The van der Waals surface area contributed by atoms with Gasteiger partial charge in [-0.2, -0.15) is 4.68 Å². The molecular weight excluding hydrogens is 598 g/mol. The summed E-state index contributed by atoms with van der Waals surface area (Å²) in [4.78, 5) is 45.4. The number of aromatic nitrogens is 2. The minimum Gasteiger partial charge on any atom is -0.388 e. The molecule has 12 nitrogen and oxygen atoms in total. The number of hydrogen-bond donors (Lipinski definition) is 2. The monoisotopic (exact) mass is 643 g/mol. The highest BCUT2D eigenvalue weighted by Crippen LogP contribution is 2.44. The number of benzene rings is 1. The van der Waals surface area contributed by atoms with Crippen LogP contribution in [0.15, 0.2) is 51.2 Å². The summed E-state index contributed by atoms with van der Waals surface area (Å²) in [6.45, 7) is 5.42. The minimum atomic E-state index is -0.486. The van der Waals surface area contributed by atoms with Crippen LogP contribution in [0.25, 0.3) is 17.0 Å². The van der Waals surface area contributed by atoms with Crippen molar-refractivity contribution < 1.29 is 18.7 Å². The van der Waals surface area contributed by atoms with Crippen molar-refractivity contribution in [3.05, 3.63) is 58.1 Å². The lowest BCUT2D eigenvalue weighted by Crippen LogP contribution is -2.48. The van der Waals surface area contributed by atoms with Gasteiger partial charge in [-0.1, -0.05) is 29.9 Å². The molecule has 4 unspecified atom stereocenters. The second-order valence-corrected chi connectivity index (χ2v) is 14.3. The van der Waals surface area contributed by atoms with Gasteiger partial charge in [0, 0.05) is 56.9 Å². The lowest BCUT2D eigenvalue weighted by atomic mass is 9.76. The molecule has 1 aromatic carbocycles. The molecule has 250 valence electrons. The number of carbonyl (C=O) groups is 2. The number of rotatable bonds is 6. The molecule has 1 aliphatic carbocycles. The Morgan fingerprint density at radius 3 is 2.60 bits per heavy atom. The van der Waals surface area contributed by atoms with Crippen LogP contribution in [-0.4, -0.2) is 107 Å². The van der Waals surface area contributed by atoms with E-state index in [2.05, 4.69) is 37.9 Å². The molecule has 12 heteroatoms. The molecule has 5 aliphatic heterocycles. The number of hydrazine groups is 1. The maximum Gasteiger partial charge on any atom is 0.437 e. The standard InChI is InChI=1S/C35H45N7O5/c1-39-34(45)47-32(38-39)26-4-2-23(3-5-26)24-8-14-41(15-9-24)30(43)21-40-16-12-35(22-40)13-17-42(33(35)44)27-6-7-29-28(20-27)31(37-36-29)25-10-18-46-19-11-25/h2-5,8,10,27-29,31,36-37H,6-7,9,11-22H2,1H3/t27?,28?,29?,31?,35-/m0/s1. The van der Waals surface area contributed by atoms with E-state index in [1.165, 1.54) is 15.8 Å². The fraction of sp³-hybridized carbons (Fsp3) is 0.600. The van der Waals surface area contributed by atoms with Gasteiger partial charge in [-0.3, -0.25) is 25.3 Å². The Kier molecular flexibility index (Phi) is 8.15. The van der Waals surface area contributed by atoms with E-state index in [1.54, 1.807) is 7.05 Å². The van der Waals surface area contributed by atoms with Crippen LogP contribution < -0.4 is 16.6 Å². The number of nitrogens with zero attached hydrogens (tertiary/aromatic N) is 5. The first-order valence-corrected chi connectivity index (χ1v) is 17.3. The van der Waals surface area contributed by atoms with Crippen LogP contribution in [0.1, 0.15) is 50.5 Å². The van der Waals surface area contributed by atoms with E-state index in [9.17, 15) is 14.4 Å². The number of aryl methyl sites for hydroxylation is 1.